The zero-order chi connectivity index (χ0) is 53.3. The predicted octanol–water partition coefficient (Wildman–Crippen LogP) is 8.56. The van der Waals surface area contributed by atoms with Gasteiger partial charge in [0.1, 0.15) is 19.0 Å². The summed E-state index contributed by atoms with van der Waals surface area (Å²) in [6, 6.07) is 29.3. The Labute approximate surface area is 447 Å². The van der Waals surface area contributed by atoms with E-state index in [0.29, 0.717) is 59.3 Å². The minimum absolute atomic E-state index is 0.00758. The van der Waals surface area contributed by atoms with Crippen LogP contribution in [-0.4, -0.2) is 108 Å². The van der Waals surface area contributed by atoms with Crippen molar-refractivity contribution in [1.82, 2.24) is 5.32 Å². The number of nitrogens with zero attached hydrogens (tertiary/aromatic N) is 4. The summed E-state index contributed by atoms with van der Waals surface area (Å²) in [7, 11) is 6.88. The third-order valence-corrected chi connectivity index (χ3v) is 19.3. The number of ether oxygens (including phenoxy) is 3. The molecular weight excluding hydrogens is 1010 g/mol. The Morgan fingerprint density at radius 1 is 0.747 bits per heavy atom. The van der Waals surface area contributed by atoms with E-state index in [4.69, 9.17) is 14.2 Å². The first-order valence-electron chi connectivity index (χ1n) is 25.0. The maximum absolute atomic E-state index is 14.3. The summed E-state index contributed by atoms with van der Waals surface area (Å²) < 4.78 is 48.0. The van der Waals surface area contributed by atoms with Crippen LogP contribution in [-0.2, 0) is 49.9 Å². The van der Waals surface area contributed by atoms with Gasteiger partial charge >= 0.3 is 0 Å². The molecule has 0 spiro atoms. The highest BCUT2D eigenvalue weighted by molar-refractivity contribution is 8.77. The maximum atomic E-state index is 14.3. The zero-order valence-corrected chi connectivity index (χ0v) is 46.0. The first-order valence-corrected chi connectivity index (χ1v) is 28.8. The van der Waals surface area contributed by atoms with E-state index >= 15 is 0 Å². The SMILES string of the molecule is CNC(=O)C(CCSSC(C)(C)CCC(=O)Nc1cc(COc2cc3c(cc2C)C(=O)N2c4ccccc4C[C@H]2CN3C)cc(COc2cc3c(cc2OC)C(=O)N2c4ccccc4C[C@H]2CN3C)c1)S(=O)(=O)OC. The van der Waals surface area contributed by atoms with Gasteiger partial charge in [0, 0.05) is 80.3 Å². The van der Waals surface area contributed by atoms with Gasteiger partial charge in [-0.25, -0.2) is 0 Å². The lowest BCUT2D eigenvalue weighted by Gasteiger charge is -2.25. The Morgan fingerprint density at radius 2 is 1.29 bits per heavy atom. The summed E-state index contributed by atoms with van der Waals surface area (Å²) in [5.74, 6) is 0.903. The normalized spacial score (nSPS) is 17.2. The average molecular weight is 1080 g/mol. The molecule has 19 heteroatoms. The maximum Gasteiger partial charge on any atom is 0.279 e. The highest BCUT2D eigenvalue weighted by Gasteiger charge is 2.41. The van der Waals surface area contributed by atoms with Crippen molar-refractivity contribution < 1.29 is 46.0 Å². The van der Waals surface area contributed by atoms with Crippen LogP contribution < -0.4 is 44.4 Å². The number of benzene rings is 5. The number of amides is 4. The summed E-state index contributed by atoms with van der Waals surface area (Å²) in [6.45, 7) is 7.48. The van der Waals surface area contributed by atoms with Crippen LogP contribution in [0.5, 0.6) is 17.2 Å². The van der Waals surface area contributed by atoms with Crippen molar-refractivity contribution >= 4 is 83.8 Å². The minimum atomic E-state index is -4.06. The van der Waals surface area contributed by atoms with Crippen molar-refractivity contribution in [3.8, 4) is 17.2 Å². The number of methoxy groups -OCH3 is 1. The van der Waals surface area contributed by atoms with E-state index in [9.17, 15) is 27.6 Å². The Kier molecular flexibility index (Phi) is 15.7. The molecule has 0 bridgehead atoms. The molecule has 0 aromatic heterocycles. The predicted molar refractivity (Wildman–Crippen MR) is 298 cm³/mol. The van der Waals surface area contributed by atoms with Gasteiger partial charge in [-0.3, -0.25) is 23.4 Å². The van der Waals surface area contributed by atoms with Gasteiger partial charge in [-0.2, -0.15) is 8.42 Å². The molecule has 16 nitrogen and oxygen atoms in total. The van der Waals surface area contributed by atoms with E-state index in [1.54, 1.807) is 13.2 Å². The third kappa shape index (κ3) is 11.3. The number of nitrogens with one attached hydrogen (secondary N) is 2. The van der Waals surface area contributed by atoms with Crippen molar-refractivity contribution in [2.75, 3.05) is 79.1 Å². The first kappa shape index (κ1) is 53.4. The lowest BCUT2D eigenvalue weighted by atomic mass is 10.1. The van der Waals surface area contributed by atoms with Crippen LogP contribution in [0.15, 0.2) is 91.0 Å². The lowest BCUT2D eigenvalue weighted by Crippen LogP contribution is -2.41. The fourth-order valence-corrected chi connectivity index (χ4v) is 14.4. The van der Waals surface area contributed by atoms with E-state index in [2.05, 4.69) is 36.7 Å². The van der Waals surface area contributed by atoms with Crippen LogP contribution in [0.3, 0.4) is 0 Å². The number of hydrogen-bond acceptors (Lipinski definition) is 14. The van der Waals surface area contributed by atoms with E-state index in [1.807, 2.05) is 117 Å². The monoisotopic (exact) mass is 1080 g/mol. The van der Waals surface area contributed by atoms with Crippen molar-refractivity contribution in [1.29, 1.82) is 0 Å². The van der Waals surface area contributed by atoms with Crippen LogP contribution in [0, 0.1) is 6.92 Å². The molecule has 4 aliphatic rings. The van der Waals surface area contributed by atoms with Gasteiger partial charge < -0.3 is 44.4 Å². The van der Waals surface area contributed by atoms with Gasteiger partial charge in [-0.05, 0) is 117 Å². The molecule has 1 unspecified atom stereocenters. The Hall–Kier alpha value is -6.41. The number of fused-ring (bicyclic) bond motifs is 8. The molecule has 0 fully saturated rings. The number of anilines is 5. The van der Waals surface area contributed by atoms with Gasteiger partial charge in [0.25, 0.3) is 21.9 Å². The molecule has 0 saturated carbocycles. The second kappa shape index (κ2) is 22.0. The molecule has 396 valence electrons. The van der Waals surface area contributed by atoms with Crippen LogP contribution in [0.2, 0.25) is 0 Å². The van der Waals surface area contributed by atoms with Gasteiger partial charge in [-0.1, -0.05) is 58.0 Å². The van der Waals surface area contributed by atoms with Crippen LogP contribution in [0.1, 0.15) is 81.6 Å². The van der Waals surface area contributed by atoms with Crippen molar-refractivity contribution in [3.05, 3.63) is 130 Å². The summed E-state index contributed by atoms with van der Waals surface area (Å²) in [6.07, 6.45) is 2.32. The Balaban J connectivity index is 0.931. The molecule has 4 aliphatic heterocycles. The molecule has 9 rings (SSSR count). The summed E-state index contributed by atoms with van der Waals surface area (Å²) >= 11 is 0. The average Bonchev–Trinajstić information content (AvgIpc) is 3.90. The summed E-state index contributed by atoms with van der Waals surface area (Å²) in [5.41, 5.74) is 9.73. The molecule has 5 aromatic carbocycles. The summed E-state index contributed by atoms with van der Waals surface area (Å²) in [5, 5.41) is 4.18. The molecule has 75 heavy (non-hydrogen) atoms. The van der Waals surface area contributed by atoms with E-state index < -0.39 is 21.3 Å². The number of hydrogen-bond donors (Lipinski definition) is 2. The smallest absolute Gasteiger partial charge is 0.279 e. The molecule has 4 amide bonds. The second-order valence-electron chi connectivity index (χ2n) is 20.1. The second-order valence-corrected chi connectivity index (χ2v) is 25.1. The fraction of sp³-hybridized carbons (Fsp3) is 0.393. The van der Waals surface area contributed by atoms with Gasteiger partial charge in [0.15, 0.2) is 16.7 Å². The topological polar surface area (TPSA) is 176 Å². The molecule has 0 radical (unpaired) electrons. The summed E-state index contributed by atoms with van der Waals surface area (Å²) in [4.78, 5) is 62.7. The first-order chi connectivity index (χ1) is 35.9. The van der Waals surface area contributed by atoms with Gasteiger partial charge in [0.05, 0.1) is 48.8 Å². The van der Waals surface area contributed by atoms with Crippen molar-refractivity contribution in [2.24, 2.45) is 0 Å². The fourth-order valence-electron chi connectivity index (χ4n) is 10.5. The molecule has 3 atom stereocenters. The number of rotatable bonds is 19. The van der Waals surface area contributed by atoms with Gasteiger partial charge in [0.2, 0.25) is 11.8 Å². The number of likely N-dealkylation sites (N-methyl/N-ethyl adjacent to an activating group) is 2. The van der Waals surface area contributed by atoms with Crippen molar-refractivity contribution in [3.63, 3.8) is 0 Å². The van der Waals surface area contributed by atoms with Crippen LogP contribution in [0.4, 0.5) is 28.4 Å². The van der Waals surface area contributed by atoms with Crippen LogP contribution in [0.25, 0.3) is 0 Å². The highest BCUT2D eigenvalue weighted by atomic mass is 33.1. The Morgan fingerprint density at radius 3 is 1.85 bits per heavy atom. The number of carbonyl (C=O) groups is 4. The molecule has 0 saturated heterocycles. The molecule has 2 N–H and O–H groups in total. The Bertz CT molecular complexity index is 3150. The molecular formula is C56H64N6O10S3. The van der Waals surface area contributed by atoms with Gasteiger partial charge in [-0.15, -0.1) is 0 Å². The zero-order valence-electron chi connectivity index (χ0n) is 43.6. The highest BCUT2D eigenvalue weighted by Crippen LogP contribution is 2.44. The number of aryl methyl sites for hydroxylation is 1. The van der Waals surface area contributed by atoms with Crippen LogP contribution >= 0.6 is 21.6 Å². The van der Waals surface area contributed by atoms with E-state index in [-0.39, 0.29) is 60.6 Å². The number of para-hydroxylation sites is 2. The largest absolute Gasteiger partial charge is 0.493 e. The lowest BCUT2D eigenvalue weighted by molar-refractivity contribution is -0.120. The molecule has 4 heterocycles. The minimum Gasteiger partial charge on any atom is -0.493 e. The molecule has 0 aliphatic carbocycles. The standard InChI is InChI=1S/C56H64N6O10S3/c1-34-21-42-46(59(5)30-40-25-37-13-9-11-15-44(37)61(40)54(42)65)28-48(34)71-32-35-22-36(24-39(23-35)58-52(63)17-19-56(2,3)74-73-20-18-51(53(64)57-4)75(67,68)70-8)33-72-50-29-47-43(27-49(50)69-7)55(66)62-41(31-60(47)6)26-38-14-10-12-16-45(38)62/h9-16,21-24,27-29,40-41,51H,17-20,25-26,30-33H2,1-8H3,(H,57,64)(H,58,63)/t40-,41-,51?/m0/s1. The molecule has 5 aromatic rings. The number of carbonyl (C=O) groups excluding carboxylic acids is 4. The third-order valence-electron chi connectivity index (χ3n) is 14.4. The van der Waals surface area contributed by atoms with E-state index in [0.717, 1.165) is 65.0 Å². The van der Waals surface area contributed by atoms with E-state index in [1.165, 1.54) is 34.2 Å². The quantitative estimate of drug-likeness (QED) is 0.0457. The van der Waals surface area contributed by atoms with Crippen molar-refractivity contribution in [2.45, 2.75) is 88.2 Å².